The van der Waals surface area contributed by atoms with Gasteiger partial charge in [0.25, 0.3) is 0 Å². The summed E-state index contributed by atoms with van der Waals surface area (Å²) >= 11 is 0. The minimum atomic E-state index is -0.0960. The highest BCUT2D eigenvalue weighted by atomic mass is 16.5. The Balaban J connectivity index is 1.65. The Morgan fingerprint density at radius 1 is 1.12 bits per heavy atom. The lowest BCUT2D eigenvalue weighted by Gasteiger charge is -2.18. The zero-order chi connectivity index (χ0) is 18.1. The van der Waals surface area contributed by atoms with Crippen LogP contribution in [0.2, 0.25) is 0 Å². The van der Waals surface area contributed by atoms with E-state index in [-0.39, 0.29) is 6.03 Å². The first-order chi connectivity index (χ1) is 12.1. The lowest BCUT2D eigenvalue weighted by Crippen LogP contribution is -2.40. The maximum absolute atomic E-state index is 12.1. The highest BCUT2D eigenvalue weighted by molar-refractivity contribution is 5.73. The molecule has 0 heterocycles. The van der Waals surface area contributed by atoms with E-state index in [2.05, 4.69) is 5.32 Å². The number of likely N-dealkylation sites (N-methyl/N-ethyl adjacent to an activating group) is 1. The van der Waals surface area contributed by atoms with Crippen LogP contribution in [0.1, 0.15) is 11.1 Å². The highest BCUT2D eigenvalue weighted by Gasteiger charge is 2.07. The van der Waals surface area contributed by atoms with Crippen molar-refractivity contribution < 1.29 is 14.3 Å². The molecular formula is C20H26N2O3. The third kappa shape index (κ3) is 6.37. The van der Waals surface area contributed by atoms with Gasteiger partial charge in [0.1, 0.15) is 18.1 Å². The molecule has 0 bridgehead atoms. The Bertz CT molecular complexity index is 671. The molecule has 2 amide bonds. The van der Waals surface area contributed by atoms with E-state index in [4.69, 9.17) is 9.47 Å². The fourth-order valence-corrected chi connectivity index (χ4v) is 2.35. The van der Waals surface area contributed by atoms with Crippen molar-refractivity contribution in [1.82, 2.24) is 10.2 Å². The average molecular weight is 342 g/mol. The van der Waals surface area contributed by atoms with Crippen LogP contribution in [0.3, 0.4) is 0 Å². The Morgan fingerprint density at radius 2 is 1.88 bits per heavy atom. The van der Waals surface area contributed by atoms with Crippen LogP contribution in [0.4, 0.5) is 4.79 Å². The first-order valence-corrected chi connectivity index (χ1v) is 8.40. The molecule has 25 heavy (non-hydrogen) atoms. The molecule has 5 nitrogen and oxygen atoms in total. The molecule has 0 aliphatic heterocycles. The number of benzene rings is 2. The molecule has 0 unspecified atom stereocenters. The van der Waals surface area contributed by atoms with E-state index in [0.717, 1.165) is 29.0 Å². The molecule has 134 valence electrons. The standard InChI is InChI=1S/C20H26N2O3/c1-16-5-4-6-19(15-16)25-14-13-22(2)20(23)21-12-11-17-7-9-18(24-3)10-8-17/h4-10,15H,11-14H2,1-3H3,(H,21,23). The third-order valence-corrected chi connectivity index (χ3v) is 3.88. The summed E-state index contributed by atoms with van der Waals surface area (Å²) in [6.07, 6.45) is 0.781. The molecular weight excluding hydrogens is 316 g/mol. The number of rotatable bonds is 8. The summed E-state index contributed by atoms with van der Waals surface area (Å²) in [6.45, 7) is 3.61. The fraction of sp³-hybridized carbons (Fsp3) is 0.350. The maximum Gasteiger partial charge on any atom is 0.317 e. The number of amides is 2. The van der Waals surface area contributed by atoms with Crippen LogP contribution in [-0.4, -0.2) is 44.8 Å². The van der Waals surface area contributed by atoms with E-state index >= 15 is 0 Å². The van der Waals surface area contributed by atoms with Crippen molar-refractivity contribution in [1.29, 1.82) is 0 Å². The zero-order valence-corrected chi connectivity index (χ0v) is 15.1. The van der Waals surface area contributed by atoms with Crippen LogP contribution in [0.5, 0.6) is 11.5 Å². The van der Waals surface area contributed by atoms with Gasteiger partial charge in [0.05, 0.1) is 13.7 Å². The number of hydrogen-bond donors (Lipinski definition) is 1. The van der Waals surface area contributed by atoms with Gasteiger partial charge < -0.3 is 19.7 Å². The lowest BCUT2D eigenvalue weighted by molar-refractivity contribution is 0.195. The molecule has 0 atom stereocenters. The smallest absolute Gasteiger partial charge is 0.317 e. The van der Waals surface area contributed by atoms with E-state index in [0.29, 0.717) is 19.7 Å². The molecule has 5 heteroatoms. The monoisotopic (exact) mass is 342 g/mol. The largest absolute Gasteiger partial charge is 0.497 e. The van der Waals surface area contributed by atoms with Crippen molar-refractivity contribution in [2.75, 3.05) is 33.9 Å². The Morgan fingerprint density at radius 3 is 2.56 bits per heavy atom. The summed E-state index contributed by atoms with van der Waals surface area (Å²) in [5, 5.41) is 2.92. The number of hydrogen-bond acceptors (Lipinski definition) is 3. The molecule has 0 aliphatic rings. The Hall–Kier alpha value is -2.69. The molecule has 2 aromatic rings. The van der Waals surface area contributed by atoms with Crippen molar-refractivity contribution in [3.63, 3.8) is 0 Å². The molecule has 2 rings (SSSR count). The van der Waals surface area contributed by atoms with Gasteiger partial charge in [0.15, 0.2) is 0 Å². The second-order valence-corrected chi connectivity index (χ2v) is 5.92. The van der Waals surface area contributed by atoms with E-state index in [9.17, 15) is 4.79 Å². The molecule has 0 aliphatic carbocycles. The molecule has 0 spiro atoms. The van der Waals surface area contributed by atoms with Crippen molar-refractivity contribution in [3.05, 3.63) is 59.7 Å². The second kappa shape index (κ2) is 9.57. The van der Waals surface area contributed by atoms with Gasteiger partial charge in [-0.2, -0.15) is 0 Å². The quantitative estimate of drug-likeness (QED) is 0.801. The summed E-state index contributed by atoms with van der Waals surface area (Å²) in [5.41, 5.74) is 2.31. The normalized spacial score (nSPS) is 10.2. The third-order valence-electron chi connectivity index (χ3n) is 3.88. The SMILES string of the molecule is COc1ccc(CCNC(=O)N(C)CCOc2cccc(C)c2)cc1. The van der Waals surface area contributed by atoms with Gasteiger partial charge in [-0.25, -0.2) is 4.79 Å². The number of methoxy groups -OCH3 is 1. The van der Waals surface area contributed by atoms with Crippen LogP contribution < -0.4 is 14.8 Å². The minimum absolute atomic E-state index is 0.0960. The Kier molecular flexibility index (Phi) is 7.14. The number of aryl methyl sites for hydroxylation is 1. The molecule has 0 saturated heterocycles. The van der Waals surface area contributed by atoms with E-state index in [1.54, 1.807) is 19.1 Å². The van der Waals surface area contributed by atoms with Gasteiger partial charge in [-0.3, -0.25) is 0 Å². The molecule has 0 radical (unpaired) electrons. The number of carbonyl (C=O) groups excluding carboxylic acids is 1. The predicted molar refractivity (Wildman–Crippen MR) is 99.4 cm³/mol. The van der Waals surface area contributed by atoms with Crippen LogP contribution in [0, 0.1) is 6.92 Å². The summed E-state index contributed by atoms with van der Waals surface area (Å²) in [4.78, 5) is 13.7. The topological polar surface area (TPSA) is 50.8 Å². The van der Waals surface area contributed by atoms with E-state index < -0.39 is 0 Å². The molecule has 1 N–H and O–H groups in total. The van der Waals surface area contributed by atoms with Gasteiger partial charge in [0, 0.05) is 13.6 Å². The van der Waals surface area contributed by atoms with Crippen molar-refractivity contribution in [2.45, 2.75) is 13.3 Å². The van der Waals surface area contributed by atoms with Gasteiger partial charge in [0.2, 0.25) is 0 Å². The van der Waals surface area contributed by atoms with Crippen molar-refractivity contribution in [3.8, 4) is 11.5 Å². The van der Waals surface area contributed by atoms with Crippen molar-refractivity contribution in [2.24, 2.45) is 0 Å². The molecule has 2 aromatic carbocycles. The molecule has 0 saturated carbocycles. The number of carbonyl (C=O) groups is 1. The fourth-order valence-electron chi connectivity index (χ4n) is 2.35. The zero-order valence-electron chi connectivity index (χ0n) is 15.1. The molecule has 0 fully saturated rings. The summed E-state index contributed by atoms with van der Waals surface area (Å²) < 4.78 is 10.8. The average Bonchev–Trinajstić information content (AvgIpc) is 2.62. The maximum atomic E-state index is 12.1. The summed E-state index contributed by atoms with van der Waals surface area (Å²) in [5.74, 6) is 1.66. The highest BCUT2D eigenvalue weighted by Crippen LogP contribution is 2.12. The van der Waals surface area contributed by atoms with Crippen LogP contribution >= 0.6 is 0 Å². The number of nitrogens with one attached hydrogen (secondary N) is 1. The predicted octanol–water partition coefficient (Wildman–Crippen LogP) is 3.27. The van der Waals surface area contributed by atoms with Crippen LogP contribution in [-0.2, 0) is 6.42 Å². The summed E-state index contributed by atoms with van der Waals surface area (Å²) in [6, 6.07) is 15.6. The van der Waals surface area contributed by atoms with Gasteiger partial charge in [-0.1, -0.05) is 24.3 Å². The summed E-state index contributed by atoms with van der Waals surface area (Å²) in [7, 11) is 3.41. The van der Waals surface area contributed by atoms with Crippen molar-refractivity contribution >= 4 is 6.03 Å². The van der Waals surface area contributed by atoms with Gasteiger partial charge in [-0.15, -0.1) is 0 Å². The number of urea groups is 1. The second-order valence-electron chi connectivity index (χ2n) is 5.92. The molecule has 0 aromatic heterocycles. The first kappa shape index (κ1) is 18.6. The first-order valence-electron chi connectivity index (χ1n) is 8.40. The van der Waals surface area contributed by atoms with Crippen LogP contribution in [0.15, 0.2) is 48.5 Å². The van der Waals surface area contributed by atoms with E-state index in [1.807, 2.05) is 55.5 Å². The number of ether oxygens (including phenoxy) is 2. The Labute approximate surface area is 149 Å². The number of nitrogens with zero attached hydrogens (tertiary/aromatic N) is 1. The van der Waals surface area contributed by atoms with Gasteiger partial charge in [-0.05, 0) is 48.7 Å². The van der Waals surface area contributed by atoms with Crippen LogP contribution in [0.25, 0.3) is 0 Å². The van der Waals surface area contributed by atoms with E-state index in [1.165, 1.54) is 0 Å². The van der Waals surface area contributed by atoms with Gasteiger partial charge >= 0.3 is 6.03 Å². The lowest BCUT2D eigenvalue weighted by atomic mass is 10.1. The minimum Gasteiger partial charge on any atom is -0.497 e.